The minimum Gasteiger partial charge on any atom is -0.377 e. The number of ether oxygens (including phenoxy) is 1. The third-order valence-corrected chi connectivity index (χ3v) is 11.1. The highest BCUT2D eigenvalue weighted by atomic mass is 16.5. The highest BCUT2D eigenvalue weighted by molar-refractivity contribution is 6.04. The average molecular weight is 702 g/mol. The third-order valence-electron chi connectivity index (χ3n) is 11.1. The zero-order valence-corrected chi connectivity index (χ0v) is 30.0. The number of amides is 3. The molecule has 2 N–H and O–H groups in total. The summed E-state index contributed by atoms with van der Waals surface area (Å²) < 4.78 is 7.89. The number of aromatic nitrogens is 1. The Morgan fingerprint density at radius 1 is 0.750 bits per heavy atom. The van der Waals surface area contributed by atoms with Crippen LogP contribution in [0.4, 0.5) is 11.4 Å². The lowest BCUT2D eigenvalue weighted by molar-refractivity contribution is -0.162. The molecule has 11 heteroatoms. The van der Waals surface area contributed by atoms with Gasteiger partial charge in [0.25, 0.3) is 17.7 Å². The van der Waals surface area contributed by atoms with E-state index in [9.17, 15) is 14.4 Å². The van der Waals surface area contributed by atoms with Gasteiger partial charge >= 0.3 is 0 Å². The summed E-state index contributed by atoms with van der Waals surface area (Å²) in [4.78, 5) is 47.8. The number of rotatable bonds is 10. The quantitative estimate of drug-likeness (QED) is 0.253. The number of benzene rings is 3. The fourth-order valence-corrected chi connectivity index (χ4v) is 7.79. The lowest BCUT2D eigenvalue weighted by Gasteiger charge is -2.53. The normalized spacial score (nSPS) is 18.4. The van der Waals surface area contributed by atoms with Crippen LogP contribution < -0.4 is 15.5 Å². The third kappa shape index (κ3) is 6.83. The number of carbonyl (C=O) groups excluding carboxylic acids is 3. The number of fused-ring (bicyclic) bond motifs is 2. The maximum atomic E-state index is 13.4. The highest BCUT2D eigenvalue weighted by Crippen LogP contribution is 2.41. The van der Waals surface area contributed by atoms with Gasteiger partial charge in [0.2, 0.25) is 0 Å². The number of nitrogens with zero attached hydrogens (tertiary/aromatic N) is 5. The van der Waals surface area contributed by atoms with Crippen LogP contribution >= 0.6 is 0 Å². The molecule has 8 rings (SSSR count). The maximum Gasteiger partial charge on any atom is 0.268 e. The van der Waals surface area contributed by atoms with Crippen molar-refractivity contribution >= 4 is 29.1 Å². The molecule has 270 valence electrons. The van der Waals surface area contributed by atoms with Gasteiger partial charge in [0, 0.05) is 101 Å². The number of piperazine rings is 1. The SMILES string of the molecule is CN(C)C(=O)c1ccc(CN2CCn3c(C(=O)NCc4ccc(NC(=O)c5ccc(N6CCN(C7CC7)CC6)cc5)cc4)ccc3C23COC3)cc1. The molecule has 4 heterocycles. The van der Waals surface area contributed by atoms with Crippen LogP contribution in [0.1, 0.15) is 60.9 Å². The molecule has 3 amide bonds. The van der Waals surface area contributed by atoms with Gasteiger partial charge in [0.15, 0.2) is 0 Å². The van der Waals surface area contributed by atoms with E-state index in [1.54, 1.807) is 19.0 Å². The van der Waals surface area contributed by atoms with Crippen molar-refractivity contribution in [2.24, 2.45) is 0 Å². The summed E-state index contributed by atoms with van der Waals surface area (Å²) >= 11 is 0. The van der Waals surface area contributed by atoms with E-state index in [0.29, 0.717) is 48.8 Å². The lowest BCUT2D eigenvalue weighted by Crippen LogP contribution is -2.63. The van der Waals surface area contributed by atoms with E-state index in [4.69, 9.17) is 4.74 Å². The van der Waals surface area contributed by atoms with Gasteiger partial charge in [-0.15, -0.1) is 0 Å². The van der Waals surface area contributed by atoms with E-state index in [2.05, 4.69) is 36.0 Å². The predicted octanol–water partition coefficient (Wildman–Crippen LogP) is 4.40. The van der Waals surface area contributed by atoms with E-state index < -0.39 is 0 Å². The van der Waals surface area contributed by atoms with Gasteiger partial charge in [0.05, 0.1) is 13.2 Å². The van der Waals surface area contributed by atoms with Crippen LogP contribution in [0, 0.1) is 0 Å². The van der Waals surface area contributed by atoms with E-state index in [1.807, 2.05) is 78.9 Å². The molecule has 3 fully saturated rings. The van der Waals surface area contributed by atoms with Gasteiger partial charge in [-0.1, -0.05) is 24.3 Å². The standard InChI is InChI=1S/C41H47N7O4/c1-44(2)40(51)32-7-3-30(4-8-32)26-47-23-24-48-36(17-18-37(48)41(47)27-52-28-41)39(50)42-25-29-5-11-33(12-6-29)43-38(49)31-9-13-34(14-10-31)45-19-21-46(22-20-45)35-15-16-35/h3-14,17-18,35H,15-16,19-28H2,1-2H3,(H,42,50)(H,43,49). The molecule has 1 saturated carbocycles. The number of carbonyl (C=O) groups is 3. The molecule has 1 aromatic heterocycles. The topological polar surface area (TPSA) is 102 Å². The van der Waals surface area contributed by atoms with E-state index in [1.165, 1.54) is 12.8 Å². The van der Waals surface area contributed by atoms with Gasteiger partial charge in [-0.3, -0.25) is 24.2 Å². The van der Waals surface area contributed by atoms with Crippen LogP contribution in [-0.4, -0.2) is 103 Å². The molecule has 3 aromatic carbocycles. The van der Waals surface area contributed by atoms with E-state index >= 15 is 0 Å². The van der Waals surface area contributed by atoms with Crippen LogP contribution in [0.25, 0.3) is 0 Å². The first-order valence-corrected chi connectivity index (χ1v) is 18.4. The molecule has 1 aliphatic carbocycles. The van der Waals surface area contributed by atoms with Gasteiger partial charge in [-0.25, -0.2) is 0 Å². The van der Waals surface area contributed by atoms with Crippen molar-refractivity contribution in [3.8, 4) is 0 Å². The molecule has 11 nitrogen and oxygen atoms in total. The fourth-order valence-electron chi connectivity index (χ4n) is 7.79. The number of hydrogen-bond donors (Lipinski definition) is 2. The Hall–Kier alpha value is -4.97. The summed E-state index contributed by atoms with van der Waals surface area (Å²) in [5, 5.41) is 6.09. The predicted molar refractivity (Wildman–Crippen MR) is 201 cm³/mol. The second kappa shape index (κ2) is 14.2. The first-order valence-electron chi connectivity index (χ1n) is 18.4. The molecule has 4 aromatic rings. The minimum absolute atomic E-state index is 0.0113. The molecular formula is C41H47N7O4. The Labute approximate surface area is 305 Å². The summed E-state index contributed by atoms with van der Waals surface area (Å²) in [7, 11) is 3.51. The van der Waals surface area contributed by atoms with Crippen LogP contribution in [0.15, 0.2) is 84.9 Å². The largest absolute Gasteiger partial charge is 0.377 e. The Kier molecular flexibility index (Phi) is 9.33. The Bertz CT molecular complexity index is 1920. The monoisotopic (exact) mass is 701 g/mol. The molecule has 52 heavy (non-hydrogen) atoms. The summed E-state index contributed by atoms with van der Waals surface area (Å²) in [6.45, 7) is 7.98. The molecule has 0 bridgehead atoms. The van der Waals surface area contributed by atoms with Crippen molar-refractivity contribution in [3.63, 3.8) is 0 Å². The molecule has 4 aliphatic rings. The fraction of sp³-hybridized carbons (Fsp3) is 0.390. The molecule has 0 radical (unpaired) electrons. The highest BCUT2D eigenvalue weighted by Gasteiger charge is 2.50. The van der Waals surface area contributed by atoms with E-state index in [-0.39, 0.29) is 23.3 Å². The Morgan fingerprint density at radius 3 is 2.06 bits per heavy atom. The second-order valence-electron chi connectivity index (χ2n) is 14.7. The van der Waals surface area contributed by atoms with E-state index in [0.717, 1.165) is 67.8 Å². The van der Waals surface area contributed by atoms with Crippen molar-refractivity contribution in [1.29, 1.82) is 0 Å². The van der Waals surface area contributed by atoms with Crippen LogP contribution in [0.5, 0.6) is 0 Å². The van der Waals surface area contributed by atoms with Crippen molar-refractivity contribution in [2.45, 2.75) is 44.1 Å². The van der Waals surface area contributed by atoms with Crippen LogP contribution in [0.2, 0.25) is 0 Å². The zero-order valence-electron chi connectivity index (χ0n) is 30.0. The van der Waals surface area contributed by atoms with Gasteiger partial charge in [-0.05, 0) is 84.6 Å². The molecule has 2 saturated heterocycles. The first-order chi connectivity index (χ1) is 25.3. The molecular weight excluding hydrogens is 654 g/mol. The Morgan fingerprint density at radius 2 is 1.42 bits per heavy atom. The second-order valence-corrected chi connectivity index (χ2v) is 14.7. The average Bonchev–Trinajstić information content (AvgIpc) is 3.92. The number of nitrogens with one attached hydrogen (secondary N) is 2. The van der Waals surface area contributed by atoms with Crippen LogP contribution in [-0.2, 0) is 29.9 Å². The van der Waals surface area contributed by atoms with Gasteiger partial charge < -0.3 is 29.7 Å². The van der Waals surface area contributed by atoms with Crippen molar-refractivity contribution in [2.75, 3.05) is 70.2 Å². The lowest BCUT2D eigenvalue weighted by atomic mass is 9.88. The minimum atomic E-state index is -0.289. The zero-order chi connectivity index (χ0) is 35.8. The molecule has 0 unspecified atom stereocenters. The summed E-state index contributed by atoms with van der Waals surface area (Å²) in [6, 6.07) is 28.1. The summed E-state index contributed by atoms with van der Waals surface area (Å²) in [5.74, 6) is -0.281. The number of anilines is 2. The van der Waals surface area contributed by atoms with Crippen LogP contribution in [0.3, 0.4) is 0 Å². The van der Waals surface area contributed by atoms with Gasteiger partial charge in [-0.2, -0.15) is 0 Å². The van der Waals surface area contributed by atoms with Crippen molar-refractivity contribution in [3.05, 3.63) is 119 Å². The van der Waals surface area contributed by atoms with Crippen molar-refractivity contribution in [1.82, 2.24) is 24.6 Å². The first kappa shape index (κ1) is 34.1. The maximum absolute atomic E-state index is 13.4. The Balaban J connectivity index is 0.841. The summed E-state index contributed by atoms with van der Waals surface area (Å²) in [6.07, 6.45) is 2.69. The van der Waals surface area contributed by atoms with Gasteiger partial charge in [0.1, 0.15) is 11.2 Å². The molecule has 3 aliphatic heterocycles. The van der Waals surface area contributed by atoms with Crippen molar-refractivity contribution < 1.29 is 19.1 Å². The number of hydrogen-bond acceptors (Lipinski definition) is 7. The smallest absolute Gasteiger partial charge is 0.268 e. The molecule has 0 atom stereocenters. The summed E-state index contributed by atoms with van der Waals surface area (Å²) in [5.41, 5.74) is 6.68. The molecule has 1 spiro atoms.